The SMILES string of the molecule is CC(C)c1cc[n+](O)cc1.CC(C)c1ccncc1. The first-order chi connectivity index (χ1) is 9.00. The van der Waals surface area contributed by atoms with Crippen LogP contribution in [0, 0.1) is 0 Å². The molecule has 0 aliphatic heterocycles. The predicted molar refractivity (Wildman–Crippen MR) is 76.2 cm³/mol. The fourth-order valence-corrected chi connectivity index (χ4v) is 1.56. The van der Waals surface area contributed by atoms with Crippen LogP contribution in [0.5, 0.6) is 0 Å². The Morgan fingerprint density at radius 2 is 1.26 bits per heavy atom. The molecule has 0 aliphatic rings. The van der Waals surface area contributed by atoms with Gasteiger partial charge in [0.25, 0.3) is 0 Å². The largest absolute Gasteiger partial charge is 0.285 e. The van der Waals surface area contributed by atoms with Gasteiger partial charge in [-0.2, -0.15) is 0 Å². The molecule has 0 saturated heterocycles. The Bertz CT molecular complexity index is 464. The fraction of sp³-hybridized carbons (Fsp3) is 0.375. The van der Waals surface area contributed by atoms with E-state index in [-0.39, 0.29) is 0 Å². The third-order valence-electron chi connectivity index (χ3n) is 2.88. The molecule has 19 heavy (non-hydrogen) atoms. The van der Waals surface area contributed by atoms with Crippen LogP contribution in [0.15, 0.2) is 49.1 Å². The van der Waals surface area contributed by atoms with Crippen molar-refractivity contribution < 1.29 is 9.94 Å². The lowest BCUT2D eigenvalue weighted by atomic mass is 10.1. The van der Waals surface area contributed by atoms with Crippen LogP contribution in [0.2, 0.25) is 0 Å². The molecule has 0 spiro atoms. The molecular formula is C16H23N2O+. The van der Waals surface area contributed by atoms with Crippen molar-refractivity contribution in [2.24, 2.45) is 0 Å². The standard InChI is InChI=1S/C8H12NO.C8H11N/c1-7(2)8-3-5-9(10)6-4-8;1-7(2)8-3-5-9-6-4-8/h3-7,10H,1-2H3;3-7H,1-2H3/q+1;. The summed E-state index contributed by atoms with van der Waals surface area (Å²) in [5, 5.41) is 8.86. The van der Waals surface area contributed by atoms with Gasteiger partial charge in [0.2, 0.25) is 12.4 Å². The summed E-state index contributed by atoms with van der Waals surface area (Å²) in [4.78, 5) is 3.93. The molecule has 102 valence electrons. The summed E-state index contributed by atoms with van der Waals surface area (Å²) < 4.78 is 1.05. The van der Waals surface area contributed by atoms with Crippen molar-refractivity contribution in [3.63, 3.8) is 0 Å². The molecule has 0 amide bonds. The van der Waals surface area contributed by atoms with Gasteiger partial charge in [-0.15, -0.1) is 0 Å². The third kappa shape index (κ3) is 5.51. The van der Waals surface area contributed by atoms with Crippen LogP contribution in [-0.2, 0) is 0 Å². The zero-order valence-corrected chi connectivity index (χ0v) is 12.1. The summed E-state index contributed by atoms with van der Waals surface area (Å²) >= 11 is 0. The Hall–Kier alpha value is -1.90. The van der Waals surface area contributed by atoms with Crippen LogP contribution in [0.25, 0.3) is 0 Å². The molecule has 2 heterocycles. The predicted octanol–water partition coefficient (Wildman–Crippen LogP) is 3.54. The lowest BCUT2D eigenvalue weighted by Gasteiger charge is -2.01. The highest BCUT2D eigenvalue weighted by Gasteiger charge is 2.00. The van der Waals surface area contributed by atoms with Gasteiger partial charge in [-0.25, -0.2) is 0 Å². The van der Waals surface area contributed by atoms with E-state index in [2.05, 4.69) is 32.7 Å². The van der Waals surface area contributed by atoms with E-state index in [0.29, 0.717) is 11.8 Å². The molecule has 0 atom stereocenters. The Morgan fingerprint density at radius 3 is 1.63 bits per heavy atom. The molecule has 3 nitrogen and oxygen atoms in total. The topological polar surface area (TPSA) is 37.0 Å². The quantitative estimate of drug-likeness (QED) is 0.661. The van der Waals surface area contributed by atoms with Gasteiger partial charge >= 0.3 is 0 Å². The summed E-state index contributed by atoms with van der Waals surface area (Å²) in [7, 11) is 0. The maximum absolute atomic E-state index is 8.86. The van der Waals surface area contributed by atoms with E-state index < -0.39 is 0 Å². The monoisotopic (exact) mass is 259 g/mol. The highest BCUT2D eigenvalue weighted by molar-refractivity contribution is 5.13. The van der Waals surface area contributed by atoms with E-state index in [0.717, 1.165) is 4.73 Å². The Morgan fingerprint density at radius 1 is 0.842 bits per heavy atom. The smallest absolute Gasteiger partial charge is 0.222 e. The molecule has 0 bridgehead atoms. The van der Waals surface area contributed by atoms with Crippen molar-refractivity contribution in [2.45, 2.75) is 39.5 Å². The van der Waals surface area contributed by atoms with Crippen molar-refractivity contribution in [1.82, 2.24) is 4.98 Å². The highest BCUT2D eigenvalue weighted by atomic mass is 16.5. The number of hydrogen-bond acceptors (Lipinski definition) is 2. The van der Waals surface area contributed by atoms with E-state index in [1.54, 1.807) is 12.4 Å². The van der Waals surface area contributed by atoms with Crippen molar-refractivity contribution in [1.29, 1.82) is 0 Å². The first-order valence-electron chi connectivity index (χ1n) is 6.61. The minimum Gasteiger partial charge on any atom is -0.285 e. The molecule has 0 saturated carbocycles. The van der Waals surface area contributed by atoms with Gasteiger partial charge in [0.1, 0.15) is 0 Å². The maximum atomic E-state index is 8.86. The van der Waals surface area contributed by atoms with Crippen LogP contribution >= 0.6 is 0 Å². The lowest BCUT2D eigenvalue weighted by Crippen LogP contribution is -2.28. The van der Waals surface area contributed by atoms with E-state index in [4.69, 9.17) is 5.21 Å². The second-order valence-corrected chi connectivity index (χ2v) is 5.10. The Kier molecular flexibility index (Phi) is 6.00. The van der Waals surface area contributed by atoms with Gasteiger partial charge in [-0.05, 0) is 35.1 Å². The molecule has 0 fully saturated rings. The second-order valence-electron chi connectivity index (χ2n) is 5.10. The summed E-state index contributed by atoms with van der Waals surface area (Å²) in [6, 6.07) is 7.91. The molecule has 2 aromatic heterocycles. The van der Waals surface area contributed by atoms with Gasteiger partial charge in [0.15, 0.2) is 0 Å². The van der Waals surface area contributed by atoms with Crippen molar-refractivity contribution >= 4 is 0 Å². The number of nitrogens with zero attached hydrogens (tertiary/aromatic N) is 2. The summed E-state index contributed by atoms with van der Waals surface area (Å²) in [6.45, 7) is 8.60. The Balaban J connectivity index is 0.000000191. The first-order valence-corrected chi connectivity index (χ1v) is 6.61. The average Bonchev–Trinajstić information content (AvgIpc) is 2.41. The minimum atomic E-state index is 0.529. The summed E-state index contributed by atoms with van der Waals surface area (Å²) in [5.74, 6) is 1.15. The second kappa shape index (κ2) is 7.52. The average molecular weight is 259 g/mol. The van der Waals surface area contributed by atoms with Crippen LogP contribution in [0.3, 0.4) is 0 Å². The summed E-state index contributed by atoms with van der Waals surface area (Å²) in [5.41, 5.74) is 2.59. The molecule has 0 aliphatic carbocycles. The molecular weight excluding hydrogens is 236 g/mol. The van der Waals surface area contributed by atoms with Crippen LogP contribution in [0.4, 0.5) is 0 Å². The molecule has 0 radical (unpaired) electrons. The van der Waals surface area contributed by atoms with Crippen molar-refractivity contribution in [3.8, 4) is 0 Å². The summed E-state index contributed by atoms with van der Waals surface area (Å²) in [6.07, 6.45) is 6.93. The van der Waals surface area contributed by atoms with Crippen LogP contribution in [-0.4, -0.2) is 10.2 Å². The van der Waals surface area contributed by atoms with E-state index in [1.807, 2.05) is 36.7 Å². The lowest BCUT2D eigenvalue weighted by molar-refractivity contribution is -0.904. The number of pyridine rings is 2. The maximum Gasteiger partial charge on any atom is 0.222 e. The van der Waals surface area contributed by atoms with Gasteiger partial charge in [-0.3, -0.25) is 10.2 Å². The van der Waals surface area contributed by atoms with Crippen LogP contribution in [0.1, 0.15) is 50.7 Å². The van der Waals surface area contributed by atoms with Crippen molar-refractivity contribution in [3.05, 3.63) is 60.2 Å². The van der Waals surface area contributed by atoms with E-state index >= 15 is 0 Å². The van der Waals surface area contributed by atoms with Gasteiger partial charge < -0.3 is 0 Å². The van der Waals surface area contributed by atoms with Gasteiger partial charge in [0, 0.05) is 29.3 Å². The minimum absolute atomic E-state index is 0.529. The molecule has 3 heteroatoms. The molecule has 0 unspecified atom stereocenters. The zero-order valence-electron chi connectivity index (χ0n) is 12.1. The number of hydrogen-bond donors (Lipinski definition) is 1. The highest BCUT2D eigenvalue weighted by Crippen LogP contribution is 2.11. The zero-order chi connectivity index (χ0) is 14.3. The van der Waals surface area contributed by atoms with Gasteiger partial charge in [0.05, 0.1) is 0 Å². The normalized spacial score (nSPS) is 10.2. The van der Waals surface area contributed by atoms with Crippen molar-refractivity contribution in [2.75, 3.05) is 0 Å². The fourth-order valence-electron chi connectivity index (χ4n) is 1.56. The Labute approximate surface area is 115 Å². The van der Waals surface area contributed by atoms with E-state index in [1.165, 1.54) is 11.1 Å². The van der Waals surface area contributed by atoms with Gasteiger partial charge in [-0.1, -0.05) is 27.7 Å². The number of rotatable bonds is 2. The molecule has 2 aromatic rings. The van der Waals surface area contributed by atoms with E-state index in [9.17, 15) is 0 Å². The first kappa shape index (κ1) is 15.2. The molecule has 0 aromatic carbocycles. The third-order valence-corrected chi connectivity index (χ3v) is 2.88. The number of aromatic nitrogens is 2. The molecule has 2 rings (SSSR count). The molecule has 1 N–H and O–H groups in total. The van der Waals surface area contributed by atoms with Crippen LogP contribution < -0.4 is 4.73 Å².